The molecule has 2 aromatic rings. The van der Waals surface area contributed by atoms with Crippen molar-refractivity contribution in [3.63, 3.8) is 0 Å². The molecule has 136 valence electrons. The van der Waals surface area contributed by atoms with E-state index in [1.807, 2.05) is 23.1 Å². The predicted molar refractivity (Wildman–Crippen MR) is 87.9 cm³/mol. The third kappa shape index (κ3) is 2.36. The molecule has 3 aliphatic heterocycles. The monoisotopic (exact) mass is 357 g/mol. The van der Waals surface area contributed by atoms with Crippen molar-refractivity contribution in [1.82, 2.24) is 15.0 Å². The normalized spacial score (nSPS) is 26.3. The number of hydrogen-bond acceptors (Lipinski definition) is 7. The van der Waals surface area contributed by atoms with Gasteiger partial charge in [-0.3, -0.25) is 4.79 Å². The van der Waals surface area contributed by atoms with Crippen LogP contribution in [0.3, 0.4) is 0 Å². The molecule has 0 spiro atoms. The number of amides is 1. The maximum atomic E-state index is 12.9. The fourth-order valence-corrected chi connectivity index (χ4v) is 4.06. The quantitative estimate of drug-likeness (QED) is 0.812. The number of rotatable bonds is 3. The second-order valence-electron chi connectivity index (χ2n) is 7.15. The van der Waals surface area contributed by atoms with E-state index >= 15 is 0 Å². The van der Waals surface area contributed by atoms with Gasteiger partial charge in [-0.2, -0.15) is 4.98 Å². The van der Waals surface area contributed by atoms with Crippen molar-refractivity contribution in [2.75, 3.05) is 33.1 Å². The van der Waals surface area contributed by atoms with E-state index in [0.717, 1.165) is 11.3 Å². The molecule has 3 aliphatic rings. The van der Waals surface area contributed by atoms with Crippen LogP contribution in [0, 0.1) is 12.8 Å². The zero-order chi connectivity index (χ0) is 17.7. The van der Waals surface area contributed by atoms with Crippen molar-refractivity contribution in [2.24, 2.45) is 5.92 Å². The molecule has 26 heavy (non-hydrogen) atoms. The summed E-state index contributed by atoms with van der Waals surface area (Å²) in [4.78, 5) is 19.2. The molecule has 0 aliphatic carbocycles. The Morgan fingerprint density at radius 1 is 1.35 bits per heavy atom. The number of aryl methyl sites for hydroxylation is 1. The Kier molecular flexibility index (Phi) is 3.43. The van der Waals surface area contributed by atoms with Gasteiger partial charge in [-0.1, -0.05) is 11.2 Å². The molecule has 2 saturated heterocycles. The zero-order valence-corrected chi connectivity index (χ0v) is 14.4. The zero-order valence-electron chi connectivity index (χ0n) is 14.4. The maximum Gasteiger partial charge on any atom is 0.237 e. The van der Waals surface area contributed by atoms with Crippen LogP contribution in [0.25, 0.3) is 0 Å². The molecule has 0 unspecified atom stereocenters. The highest BCUT2D eigenvalue weighted by Crippen LogP contribution is 2.43. The molecule has 0 radical (unpaired) electrons. The van der Waals surface area contributed by atoms with Gasteiger partial charge in [-0.05, 0) is 24.6 Å². The van der Waals surface area contributed by atoms with E-state index in [2.05, 4.69) is 10.1 Å². The largest absolute Gasteiger partial charge is 0.454 e. The number of hydrogen-bond donors (Lipinski definition) is 0. The fraction of sp³-hybridized carbons (Fsp3) is 0.500. The van der Waals surface area contributed by atoms with Crippen molar-refractivity contribution in [1.29, 1.82) is 0 Å². The van der Waals surface area contributed by atoms with Crippen molar-refractivity contribution >= 4 is 5.91 Å². The Labute approximate surface area is 150 Å². The fourth-order valence-electron chi connectivity index (χ4n) is 4.06. The van der Waals surface area contributed by atoms with Crippen LogP contribution in [0.4, 0.5) is 0 Å². The van der Waals surface area contributed by atoms with E-state index in [1.54, 1.807) is 6.92 Å². The summed E-state index contributed by atoms with van der Waals surface area (Å²) in [6.45, 7) is 4.33. The van der Waals surface area contributed by atoms with Gasteiger partial charge in [-0.15, -0.1) is 0 Å². The van der Waals surface area contributed by atoms with Crippen LogP contribution < -0.4 is 9.47 Å². The van der Waals surface area contributed by atoms with Gasteiger partial charge in [0.25, 0.3) is 0 Å². The number of fused-ring (bicyclic) bond motifs is 2. The van der Waals surface area contributed by atoms with E-state index in [9.17, 15) is 4.79 Å². The Bertz CT molecular complexity index is 866. The average molecular weight is 357 g/mol. The minimum Gasteiger partial charge on any atom is -0.454 e. The number of benzene rings is 1. The second-order valence-corrected chi connectivity index (χ2v) is 7.15. The van der Waals surface area contributed by atoms with Gasteiger partial charge in [0.05, 0.1) is 25.0 Å². The Balaban J connectivity index is 1.34. The Morgan fingerprint density at radius 3 is 3.08 bits per heavy atom. The van der Waals surface area contributed by atoms with Crippen LogP contribution in [0.1, 0.15) is 17.3 Å². The molecular formula is C18H19N3O5. The highest BCUT2D eigenvalue weighted by atomic mass is 16.7. The number of carbonyl (C=O) groups is 1. The molecule has 4 heterocycles. The van der Waals surface area contributed by atoms with E-state index in [1.165, 1.54) is 0 Å². The first-order valence-electron chi connectivity index (χ1n) is 8.69. The van der Waals surface area contributed by atoms with Crippen LogP contribution >= 0.6 is 0 Å². The molecule has 8 heteroatoms. The van der Waals surface area contributed by atoms with E-state index in [4.69, 9.17) is 18.7 Å². The van der Waals surface area contributed by atoms with Gasteiger partial charge in [-0.25, -0.2) is 0 Å². The molecule has 5 rings (SSSR count). The van der Waals surface area contributed by atoms with Crippen molar-refractivity contribution in [3.05, 3.63) is 35.5 Å². The smallest absolute Gasteiger partial charge is 0.237 e. The van der Waals surface area contributed by atoms with Crippen LogP contribution in [-0.4, -0.2) is 54.0 Å². The summed E-state index contributed by atoms with van der Waals surface area (Å²) in [5.41, 5.74) is 0.529. The minimum atomic E-state index is -0.383. The van der Waals surface area contributed by atoms with Gasteiger partial charge in [0.2, 0.25) is 18.6 Å². The summed E-state index contributed by atoms with van der Waals surface area (Å²) < 4.78 is 21.8. The summed E-state index contributed by atoms with van der Waals surface area (Å²) in [6.07, 6.45) is 0.323. The summed E-state index contributed by atoms with van der Waals surface area (Å²) in [7, 11) is 0. The molecule has 8 nitrogen and oxygen atoms in total. The third-order valence-corrected chi connectivity index (χ3v) is 5.47. The Hall–Kier alpha value is -2.61. The third-order valence-electron chi connectivity index (χ3n) is 5.47. The van der Waals surface area contributed by atoms with E-state index < -0.39 is 0 Å². The molecule has 0 bridgehead atoms. The van der Waals surface area contributed by atoms with Crippen LogP contribution in [0.15, 0.2) is 22.7 Å². The standard InChI is InChI=1S/C18H19N3O5/c1-11-19-17(26-20-11)18-8-21(6-13(18)7-23-9-18)16(22)5-12-2-3-14-15(4-12)25-10-24-14/h2-4,13H,5-10H2,1H3/t13-,18-/m1/s1. The molecule has 1 aromatic carbocycles. The number of ether oxygens (including phenoxy) is 3. The first kappa shape index (κ1) is 15.6. The van der Waals surface area contributed by atoms with Crippen LogP contribution in [0.5, 0.6) is 11.5 Å². The second kappa shape index (κ2) is 5.70. The van der Waals surface area contributed by atoms with Crippen molar-refractivity contribution in [3.8, 4) is 11.5 Å². The van der Waals surface area contributed by atoms with E-state index in [-0.39, 0.29) is 24.0 Å². The van der Waals surface area contributed by atoms with E-state index in [0.29, 0.717) is 50.2 Å². The Morgan fingerprint density at radius 2 is 2.23 bits per heavy atom. The summed E-state index contributed by atoms with van der Waals surface area (Å²) in [5, 5.41) is 3.92. The summed E-state index contributed by atoms with van der Waals surface area (Å²) >= 11 is 0. The van der Waals surface area contributed by atoms with Crippen molar-refractivity contribution in [2.45, 2.75) is 18.8 Å². The van der Waals surface area contributed by atoms with Crippen LogP contribution in [-0.2, 0) is 21.4 Å². The molecule has 1 aromatic heterocycles. The highest BCUT2D eigenvalue weighted by Gasteiger charge is 2.56. The lowest BCUT2D eigenvalue weighted by atomic mass is 9.81. The maximum absolute atomic E-state index is 12.9. The number of nitrogens with zero attached hydrogens (tertiary/aromatic N) is 3. The lowest BCUT2D eigenvalue weighted by Gasteiger charge is -2.22. The molecule has 0 N–H and O–H groups in total. The number of aromatic nitrogens is 2. The van der Waals surface area contributed by atoms with Gasteiger partial charge < -0.3 is 23.6 Å². The molecule has 2 atom stereocenters. The van der Waals surface area contributed by atoms with Gasteiger partial charge in [0.15, 0.2) is 17.3 Å². The van der Waals surface area contributed by atoms with Crippen LogP contribution in [0.2, 0.25) is 0 Å². The number of likely N-dealkylation sites (tertiary alicyclic amines) is 1. The molecule has 2 fully saturated rings. The molecule has 1 amide bonds. The van der Waals surface area contributed by atoms with Gasteiger partial charge in [0.1, 0.15) is 0 Å². The summed E-state index contributed by atoms with van der Waals surface area (Å²) in [5.74, 6) is 2.86. The average Bonchev–Trinajstić information content (AvgIpc) is 3.36. The van der Waals surface area contributed by atoms with Crippen molar-refractivity contribution < 1.29 is 23.5 Å². The topological polar surface area (TPSA) is 86.9 Å². The SMILES string of the molecule is Cc1noc([C@]23COC[C@H]2CN(C(=O)Cc2ccc4c(c2)OCO4)C3)n1. The minimum absolute atomic E-state index is 0.0777. The summed E-state index contributed by atoms with van der Waals surface area (Å²) in [6, 6.07) is 5.63. The molecular weight excluding hydrogens is 338 g/mol. The first-order chi connectivity index (χ1) is 12.6. The van der Waals surface area contributed by atoms with Gasteiger partial charge >= 0.3 is 0 Å². The lowest BCUT2D eigenvalue weighted by molar-refractivity contribution is -0.130. The first-order valence-corrected chi connectivity index (χ1v) is 8.69. The highest BCUT2D eigenvalue weighted by molar-refractivity contribution is 5.79. The molecule has 0 saturated carbocycles. The number of carbonyl (C=O) groups excluding carboxylic acids is 1. The predicted octanol–water partition coefficient (Wildman–Crippen LogP) is 1.08. The lowest BCUT2D eigenvalue weighted by Crippen LogP contribution is -2.38. The van der Waals surface area contributed by atoms with Gasteiger partial charge in [0, 0.05) is 19.0 Å².